The fraction of sp³-hybridized carbons (Fsp3) is 0.558. The van der Waals surface area contributed by atoms with Gasteiger partial charge in [0, 0.05) is 38.0 Å². The molecule has 3 aliphatic carbocycles. The molecular formula is C43H58O13. The molecule has 13 heteroatoms. The Labute approximate surface area is 329 Å². The van der Waals surface area contributed by atoms with Gasteiger partial charge in [-0.1, -0.05) is 90.1 Å². The summed E-state index contributed by atoms with van der Waals surface area (Å²) < 4.78 is 23.0. The number of aliphatic carboxylic acids is 1. The summed E-state index contributed by atoms with van der Waals surface area (Å²) in [5, 5.41) is 39.2. The van der Waals surface area contributed by atoms with Crippen LogP contribution in [-0.2, 0) is 38.1 Å². The average Bonchev–Trinajstić information content (AvgIpc) is 3.95. The van der Waals surface area contributed by atoms with Crippen molar-refractivity contribution in [2.24, 2.45) is 23.2 Å². The van der Waals surface area contributed by atoms with Gasteiger partial charge >= 0.3 is 17.9 Å². The zero-order valence-corrected chi connectivity index (χ0v) is 33.8. The highest BCUT2D eigenvalue weighted by molar-refractivity contribution is 5.92. The predicted molar refractivity (Wildman–Crippen MR) is 205 cm³/mol. The van der Waals surface area contributed by atoms with Gasteiger partial charge in [-0.25, -0.2) is 9.59 Å². The van der Waals surface area contributed by atoms with Crippen LogP contribution in [0.4, 0.5) is 0 Å². The van der Waals surface area contributed by atoms with E-state index in [9.17, 15) is 29.4 Å². The summed E-state index contributed by atoms with van der Waals surface area (Å²) in [4.78, 5) is 58.8. The first kappa shape index (κ1) is 46.0. The normalized spacial score (nSPS) is 31.5. The van der Waals surface area contributed by atoms with E-state index in [0.717, 1.165) is 12.5 Å². The molecule has 10 atom stereocenters. The van der Waals surface area contributed by atoms with E-state index in [1.807, 2.05) is 71.9 Å². The summed E-state index contributed by atoms with van der Waals surface area (Å²) in [6.07, 6.45) is -3.77. The molecule has 2 aromatic rings. The van der Waals surface area contributed by atoms with E-state index in [1.54, 1.807) is 37.3 Å². The zero-order chi connectivity index (χ0) is 42.1. The molecule has 56 heavy (non-hydrogen) atoms. The number of carboxylic acids is 2. The number of ketones is 1. The number of ether oxygens (including phenoxy) is 4. The lowest BCUT2D eigenvalue weighted by molar-refractivity contribution is -0.223. The average molecular weight is 783 g/mol. The third-order valence-electron chi connectivity index (χ3n) is 11.0. The number of carbonyl (C=O) groups excluding carboxylic acids is 3. The van der Waals surface area contributed by atoms with Crippen molar-refractivity contribution in [3.63, 3.8) is 0 Å². The molecule has 2 heterocycles. The fourth-order valence-electron chi connectivity index (χ4n) is 8.20. The summed E-state index contributed by atoms with van der Waals surface area (Å²) in [6, 6.07) is 17.7. The van der Waals surface area contributed by atoms with Gasteiger partial charge in [0.1, 0.15) is 12.2 Å². The van der Waals surface area contributed by atoms with Crippen LogP contribution in [-0.4, -0.2) is 92.8 Å². The first-order valence-corrected chi connectivity index (χ1v) is 19.3. The number of aromatic carboxylic acids is 1. The molecule has 7 rings (SSSR count). The second-order valence-corrected chi connectivity index (χ2v) is 14.6. The second-order valence-electron chi connectivity index (χ2n) is 14.6. The van der Waals surface area contributed by atoms with Crippen LogP contribution in [0.25, 0.3) is 0 Å². The van der Waals surface area contributed by atoms with Crippen molar-refractivity contribution in [1.29, 1.82) is 0 Å². The number of epoxide rings is 1. The minimum Gasteiger partial charge on any atom is -0.481 e. The molecule has 0 aromatic heterocycles. The molecule has 2 aliphatic heterocycles. The lowest BCUT2D eigenvalue weighted by Crippen LogP contribution is -2.65. The number of carboxylic acid groups (broad SMARTS) is 2. The highest BCUT2D eigenvalue weighted by atomic mass is 16.6. The number of aliphatic hydroxyl groups is 2. The monoisotopic (exact) mass is 782 g/mol. The van der Waals surface area contributed by atoms with Crippen LogP contribution in [0, 0.1) is 23.2 Å². The van der Waals surface area contributed by atoms with E-state index in [0.29, 0.717) is 29.7 Å². The lowest BCUT2D eigenvalue weighted by atomic mass is 9.51. The summed E-state index contributed by atoms with van der Waals surface area (Å²) in [5.41, 5.74) is -0.173. The smallest absolute Gasteiger partial charge is 0.339 e. The molecule has 2 saturated carbocycles. The molecule has 308 valence electrons. The minimum absolute atomic E-state index is 0.00111. The number of Topliss-reactive ketones (excluding diaryl/α,β-unsaturated/α-hetero) is 1. The van der Waals surface area contributed by atoms with Gasteiger partial charge < -0.3 is 39.4 Å². The van der Waals surface area contributed by atoms with Gasteiger partial charge in [0.2, 0.25) is 0 Å². The van der Waals surface area contributed by atoms with Crippen molar-refractivity contribution in [3.05, 3.63) is 82.9 Å². The van der Waals surface area contributed by atoms with Gasteiger partial charge in [-0.2, -0.15) is 0 Å². The molecule has 0 amide bonds. The van der Waals surface area contributed by atoms with E-state index in [1.165, 1.54) is 6.92 Å². The Balaban J connectivity index is 0.000000417. The van der Waals surface area contributed by atoms with Gasteiger partial charge in [-0.3, -0.25) is 14.4 Å². The van der Waals surface area contributed by atoms with E-state index in [-0.39, 0.29) is 36.6 Å². The van der Waals surface area contributed by atoms with Gasteiger partial charge in [0.25, 0.3) is 5.97 Å². The number of esters is 2. The summed E-state index contributed by atoms with van der Waals surface area (Å²) in [5.74, 6) is -4.43. The first-order valence-electron chi connectivity index (χ1n) is 19.3. The number of benzene rings is 2. The molecule has 0 spiro atoms. The Morgan fingerprint density at radius 1 is 0.839 bits per heavy atom. The van der Waals surface area contributed by atoms with Crippen molar-refractivity contribution < 1.29 is 63.3 Å². The third kappa shape index (κ3) is 10.1. The number of aliphatic hydroxyl groups excluding tert-OH is 1. The Morgan fingerprint density at radius 2 is 1.39 bits per heavy atom. The molecule has 2 aromatic carbocycles. The lowest BCUT2D eigenvalue weighted by Gasteiger charge is -2.59. The maximum atomic E-state index is 14.1. The highest BCUT2D eigenvalue weighted by Gasteiger charge is 2.64. The Morgan fingerprint density at radius 3 is 1.88 bits per heavy atom. The number of fused-ring (bicyclic) bond motifs is 5. The maximum Gasteiger partial charge on any atom is 0.339 e. The summed E-state index contributed by atoms with van der Waals surface area (Å²) in [7, 11) is 0. The van der Waals surface area contributed by atoms with Crippen molar-refractivity contribution in [3.8, 4) is 0 Å². The van der Waals surface area contributed by atoms with Crippen LogP contribution >= 0.6 is 0 Å². The predicted octanol–water partition coefficient (Wildman–Crippen LogP) is 5.96. The Kier molecular flexibility index (Phi) is 16.1. The molecule has 5 aliphatic rings. The van der Waals surface area contributed by atoms with Crippen molar-refractivity contribution in [2.45, 2.75) is 124 Å². The number of carbonyl (C=O) groups is 5. The highest BCUT2D eigenvalue weighted by Crippen LogP contribution is 2.58. The van der Waals surface area contributed by atoms with E-state index < -0.39 is 71.3 Å². The van der Waals surface area contributed by atoms with E-state index in [4.69, 9.17) is 34.0 Å². The topological polar surface area (TPSA) is 206 Å². The minimum atomic E-state index is -1.41. The van der Waals surface area contributed by atoms with Crippen molar-refractivity contribution in [1.82, 2.24) is 0 Å². The van der Waals surface area contributed by atoms with Crippen molar-refractivity contribution >= 4 is 29.7 Å². The molecular weight excluding hydrogens is 724 g/mol. The van der Waals surface area contributed by atoms with Crippen molar-refractivity contribution in [2.75, 3.05) is 6.61 Å². The molecule has 4 fully saturated rings. The summed E-state index contributed by atoms with van der Waals surface area (Å²) >= 11 is 0. The Bertz CT molecular complexity index is 1700. The molecule has 13 nitrogen and oxygen atoms in total. The van der Waals surface area contributed by atoms with Crippen LogP contribution in [0.2, 0.25) is 0 Å². The largest absolute Gasteiger partial charge is 0.481 e. The SMILES string of the molecule is CC.CC.CC(=O)O.CC(=O)OC1C(=O)C2C(O)CC3OCC3C2CC2(O)CC(OC(=O)C3OC3c3ccccc3)C(C)=C1C2(C)C.O=C(O)c1ccccc1. The van der Waals surface area contributed by atoms with Gasteiger partial charge in [0.15, 0.2) is 18.0 Å². The molecule has 2 saturated heterocycles. The third-order valence-corrected chi connectivity index (χ3v) is 11.0. The standard InChI is InChI=1S/C30H36O9.C7H6O2.C2H4O2.2C2H6/c1-14-21(38-28(34)27-25(39-27)16-8-6-5-7-9-16)12-30(35)11-17-18-13-36-20(18)10-19(32)22(17)24(33)26(37-15(2)31)23(14)29(30,3)4;8-7(9)6-4-2-1-3-5-6;1-2(3)4;2*1-2/h5-9,17-22,25-27,32,35H,10-13H2,1-4H3;1-5H,(H,8,9);1H3,(H,3,4);2*1-2H3. The summed E-state index contributed by atoms with van der Waals surface area (Å²) in [6.45, 7) is 16.2. The van der Waals surface area contributed by atoms with Crippen LogP contribution in [0.1, 0.15) is 104 Å². The fourth-order valence-corrected chi connectivity index (χ4v) is 8.20. The Hall–Kier alpha value is -4.43. The number of hydrogen-bond donors (Lipinski definition) is 4. The number of rotatable bonds is 5. The maximum absolute atomic E-state index is 14.1. The van der Waals surface area contributed by atoms with E-state index >= 15 is 0 Å². The van der Waals surface area contributed by atoms with Gasteiger partial charge in [-0.15, -0.1) is 0 Å². The molecule has 2 bridgehead atoms. The first-order chi connectivity index (χ1) is 26.5. The van der Waals surface area contributed by atoms with Gasteiger partial charge in [0.05, 0.1) is 35.9 Å². The number of hydrogen-bond acceptors (Lipinski definition) is 11. The van der Waals surface area contributed by atoms with Crippen LogP contribution < -0.4 is 0 Å². The molecule has 10 unspecified atom stereocenters. The van der Waals surface area contributed by atoms with Crippen LogP contribution in [0.5, 0.6) is 0 Å². The van der Waals surface area contributed by atoms with E-state index in [2.05, 4.69) is 0 Å². The zero-order valence-electron chi connectivity index (χ0n) is 33.8. The quantitative estimate of drug-likeness (QED) is 0.157. The molecule has 0 radical (unpaired) electrons. The van der Waals surface area contributed by atoms with Crippen LogP contribution in [0.15, 0.2) is 71.8 Å². The second kappa shape index (κ2) is 19.6. The van der Waals surface area contributed by atoms with Crippen LogP contribution in [0.3, 0.4) is 0 Å². The van der Waals surface area contributed by atoms with Gasteiger partial charge in [-0.05, 0) is 48.1 Å². The molecule has 4 N–H and O–H groups in total.